The van der Waals surface area contributed by atoms with E-state index in [0.29, 0.717) is 5.92 Å². The third kappa shape index (κ3) is 2.26. The van der Waals surface area contributed by atoms with Gasteiger partial charge >= 0.3 is 0 Å². The number of benzene rings is 1. The normalized spacial score (nSPS) is 27.8. The van der Waals surface area contributed by atoms with E-state index in [2.05, 4.69) is 38.1 Å². The molecule has 1 nitrogen and oxygen atoms in total. The van der Waals surface area contributed by atoms with Gasteiger partial charge in [-0.05, 0) is 42.7 Å². The molecule has 0 bridgehead atoms. The Morgan fingerprint density at radius 3 is 2.71 bits per heavy atom. The van der Waals surface area contributed by atoms with Crippen molar-refractivity contribution in [3.8, 4) is 0 Å². The number of hydrogen-bond acceptors (Lipinski definition) is 1. The van der Waals surface area contributed by atoms with Crippen LogP contribution in [-0.4, -0.2) is 0 Å². The molecule has 1 aromatic carbocycles. The van der Waals surface area contributed by atoms with Crippen molar-refractivity contribution in [1.29, 1.82) is 0 Å². The van der Waals surface area contributed by atoms with E-state index in [9.17, 15) is 0 Å². The maximum absolute atomic E-state index is 6.81. The third-order valence-electron chi connectivity index (χ3n) is 4.31. The van der Waals surface area contributed by atoms with Gasteiger partial charge in [-0.2, -0.15) is 0 Å². The molecule has 0 fully saturated rings. The van der Waals surface area contributed by atoms with E-state index >= 15 is 0 Å². The van der Waals surface area contributed by atoms with Gasteiger partial charge in [0, 0.05) is 5.54 Å². The van der Waals surface area contributed by atoms with Gasteiger partial charge in [0.2, 0.25) is 0 Å². The van der Waals surface area contributed by atoms with E-state index in [-0.39, 0.29) is 5.54 Å². The number of aryl methyl sites for hydroxylation is 1. The molecule has 1 aliphatic rings. The molecule has 1 heteroatoms. The fourth-order valence-electron chi connectivity index (χ4n) is 3.50. The van der Waals surface area contributed by atoms with Crippen molar-refractivity contribution < 1.29 is 0 Å². The van der Waals surface area contributed by atoms with Crippen LogP contribution in [0.5, 0.6) is 0 Å². The molecule has 0 spiro atoms. The molecule has 1 aliphatic carbocycles. The van der Waals surface area contributed by atoms with E-state index in [0.717, 1.165) is 6.42 Å². The van der Waals surface area contributed by atoms with E-state index in [1.165, 1.54) is 43.2 Å². The van der Waals surface area contributed by atoms with E-state index in [1.54, 1.807) is 0 Å². The molecule has 0 radical (unpaired) electrons. The zero-order valence-corrected chi connectivity index (χ0v) is 11.2. The van der Waals surface area contributed by atoms with E-state index < -0.39 is 0 Å². The second-order valence-electron chi connectivity index (χ2n) is 5.47. The van der Waals surface area contributed by atoms with Crippen LogP contribution in [0, 0.1) is 5.92 Å². The third-order valence-corrected chi connectivity index (χ3v) is 4.31. The van der Waals surface area contributed by atoms with Gasteiger partial charge in [0.25, 0.3) is 0 Å². The molecule has 0 aromatic heterocycles. The summed E-state index contributed by atoms with van der Waals surface area (Å²) in [6, 6.07) is 8.80. The summed E-state index contributed by atoms with van der Waals surface area (Å²) in [5.41, 5.74) is 9.65. The maximum Gasteiger partial charge on any atom is 0.0440 e. The summed E-state index contributed by atoms with van der Waals surface area (Å²) in [6.45, 7) is 4.52. The van der Waals surface area contributed by atoms with Crippen LogP contribution in [0.1, 0.15) is 57.1 Å². The second-order valence-corrected chi connectivity index (χ2v) is 5.47. The largest absolute Gasteiger partial charge is 0.321 e. The molecule has 2 atom stereocenters. The maximum atomic E-state index is 6.81. The van der Waals surface area contributed by atoms with Crippen molar-refractivity contribution in [2.75, 3.05) is 0 Å². The Kier molecular flexibility index (Phi) is 3.88. The van der Waals surface area contributed by atoms with Crippen LogP contribution in [0.3, 0.4) is 0 Å². The molecule has 0 saturated carbocycles. The first-order valence-corrected chi connectivity index (χ1v) is 7.09. The van der Waals surface area contributed by atoms with Crippen LogP contribution >= 0.6 is 0 Å². The summed E-state index contributed by atoms with van der Waals surface area (Å²) >= 11 is 0. The zero-order chi connectivity index (χ0) is 12.3. The molecule has 0 aliphatic heterocycles. The van der Waals surface area contributed by atoms with Gasteiger partial charge in [-0.3, -0.25) is 0 Å². The highest BCUT2D eigenvalue weighted by molar-refractivity contribution is 5.36. The van der Waals surface area contributed by atoms with Crippen LogP contribution in [0.4, 0.5) is 0 Å². The first-order chi connectivity index (χ1) is 8.22. The summed E-state index contributed by atoms with van der Waals surface area (Å²) in [4.78, 5) is 0. The Hall–Kier alpha value is -0.820. The van der Waals surface area contributed by atoms with Crippen molar-refractivity contribution in [3.63, 3.8) is 0 Å². The number of rotatable bonds is 4. The van der Waals surface area contributed by atoms with Gasteiger partial charge in [-0.25, -0.2) is 0 Å². The van der Waals surface area contributed by atoms with Crippen LogP contribution in [0.2, 0.25) is 0 Å². The standard InChI is InChI=1S/C16H25N/c1-3-7-14-11-10-13-8-5-6-9-15(13)16(14,17)12-4-2/h5-6,8-9,14H,3-4,7,10-12,17H2,1-2H3. The molecule has 94 valence electrons. The van der Waals surface area contributed by atoms with Crippen LogP contribution in [0.25, 0.3) is 0 Å². The van der Waals surface area contributed by atoms with Gasteiger partial charge in [0.05, 0.1) is 0 Å². The molecule has 0 amide bonds. The zero-order valence-electron chi connectivity index (χ0n) is 11.2. The quantitative estimate of drug-likeness (QED) is 0.832. The lowest BCUT2D eigenvalue weighted by Gasteiger charge is -2.43. The predicted octanol–water partition coefficient (Wildman–Crippen LogP) is 4.00. The molecule has 0 saturated heterocycles. The Labute approximate surface area is 105 Å². The molecule has 2 N–H and O–H groups in total. The first-order valence-electron chi connectivity index (χ1n) is 7.09. The first kappa shape index (κ1) is 12.6. The van der Waals surface area contributed by atoms with Gasteiger partial charge in [0.15, 0.2) is 0 Å². The minimum atomic E-state index is -0.0698. The molecular weight excluding hydrogens is 206 g/mol. The smallest absolute Gasteiger partial charge is 0.0440 e. The average Bonchev–Trinajstić information content (AvgIpc) is 2.34. The highest BCUT2D eigenvalue weighted by atomic mass is 14.8. The lowest BCUT2D eigenvalue weighted by Crippen LogP contribution is -2.47. The fourth-order valence-corrected chi connectivity index (χ4v) is 3.50. The highest BCUT2D eigenvalue weighted by Crippen LogP contribution is 2.42. The van der Waals surface area contributed by atoms with E-state index in [4.69, 9.17) is 5.73 Å². The van der Waals surface area contributed by atoms with Crippen molar-refractivity contribution >= 4 is 0 Å². The highest BCUT2D eigenvalue weighted by Gasteiger charge is 2.39. The molecule has 2 rings (SSSR count). The summed E-state index contributed by atoms with van der Waals surface area (Å²) in [5.74, 6) is 0.669. The lowest BCUT2D eigenvalue weighted by atomic mass is 9.66. The molecule has 17 heavy (non-hydrogen) atoms. The van der Waals surface area contributed by atoms with Crippen molar-refractivity contribution in [2.45, 2.75) is 57.9 Å². The van der Waals surface area contributed by atoms with Gasteiger partial charge in [0.1, 0.15) is 0 Å². The Morgan fingerprint density at radius 1 is 1.24 bits per heavy atom. The molecule has 2 unspecified atom stereocenters. The molecule has 1 aromatic rings. The van der Waals surface area contributed by atoms with Gasteiger partial charge < -0.3 is 5.73 Å². The molecular formula is C16H25N. The fraction of sp³-hybridized carbons (Fsp3) is 0.625. The number of fused-ring (bicyclic) bond motifs is 1. The van der Waals surface area contributed by atoms with Crippen molar-refractivity contribution in [3.05, 3.63) is 35.4 Å². The summed E-state index contributed by atoms with van der Waals surface area (Å²) < 4.78 is 0. The predicted molar refractivity (Wildman–Crippen MR) is 73.9 cm³/mol. The van der Waals surface area contributed by atoms with Gasteiger partial charge in [-0.15, -0.1) is 0 Å². The van der Waals surface area contributed by atoms with Crippen LogP contribution < -0.4 is 5.73 Å². The van der Waals surface area contributed by atoms with E-state index in [1.807, 2.05) is 0 Å². The summed E-state index contributed by atoms with van der Waals surface area (Å²) in [5, 5.41) is 0. The Balaban J connectivity index is 2.38. The summed E-state index contributed by atoms with van der Waals surface area (Å²) in [7, 11) is 0. The molecule has 0 heterocycles. The Morgan fingerprint density at radius 2 is 2.00 bits per heavy atom. The van der Waals surface area contributed by atoms with Crippen LogP contribution in [-0.2, 0) is 12.0 Å². The topological polar surface area (TPSA) is 26.0 Å². The van der Waals surface area contributed by atoms with Gasteiger partial charge in [-0.1, -0.05) is 51.0 Å². The average molecular weight is 231 g/mol. The van der Waals surface area contributed by atoms with Crippen LogP contribution in [0.15, 0.2) is 24.3 Å². The monoisotopic (exact) mass is 231 g/mol. The second kappa shape index (κ2) is 5.22. The van der Waals surface area contributed by atoms with Crippen molar-refractivity contribution in [2.24, 2.45) is 11.7 Å². The number of hydrogen-bond donors (Lipinski definition) is 1. The summed E-state index contributed by atoms with van der Waals surface area (Å²) in [6.07, 6.45) is 7.28. The minimum absolute atomic E-state index is 0.0698. The number of nitrogens with two attached hydrogens (primary N) is 1. The minimum Gasteiger partial charge on any atom is -0.321 e. The SMILES string of the molecule is CCCC1CCc2ccccc2C1(N)CCC. The Bertz CT molecular complexity index is 372. The van der Waals surface area contributed by atoms with Crippen molar-refractivity contribution in [1.82, 2.24) is 0 Å². The lowest BCUT2D eigenvalue weighted by molar-refractivity contribution is 0.207.